The van der Waals surface area contributed by atoms with Gasteiger partial charge in [-0.1, -0.05) is 13.8 Å². The van der Waals surface area contributed by atoms with Crippen molar-refractivity contribution in [2.75, 3.05) is 0 Å². The summed E-state index contributed by atoms with van der Waals surface area (Å²) >= 11 is 0. The molecule has 1 aromatic carbocycles. The molecule has 0 bridgehead atoms. The van der Waals surface area contributed by atoms with E-state index in [0.29, 0.717) is 11.8 Å². The Bertz CT molecular complexity index is 651. The summed E-state index contributed by atoms with van der Waals surface area (Å²) in [7, 11) is 0. The average Bonchev–Trinajstić information content (AvgIpc) is 2.34. The Morgan fingerprint density at radius 2 is 1.67 bits per heavy atom. The minimum absolute atomic E-state index is 0.157. The second-order valence-corrected chi connectivity index (χ2v) is 4.64. The van der Waals surface area contributed by atoms with E-state index in [-0.39, 0.29) is 17.0 Å². The van der Waals surface area contributed by atoms with Crippen LogP contribution in [0.4, 0.5) is 11.4 Å². The van der Waals surface area contributed by atoms with Crippen molar-refractivity contribution in [1.29, 1.82) is 0 Å². The first kappa shape index (κ1) is 16.2. The van der Waals surface area contributed by atoms with Crippen LogP contribution in [0.1, 0.15) is 36.5 Å². The molecule has 0 aliphatic heterocycles. The number of benzene rings is 1. The van der Waals surface area contributed by atoms with Crippen molar-refractivity contribution in [2.24, 2.45) is 0 Å². The molecule has 0 spiro atoms. The van der Waals surface area contributed by atoms with Crippen LogP contribution in [-0.2, 0) is 0 Å². The summed E-state index contributed by atoms with van der Waals surface area (Å²) in [6.07, 6.45) is 1.23. The Kier molecular flexibility index (Phi) is 4.69. The Hall–Kier alpha value is -2.84. The Morgan fingerprint density at radius 3 is 2.05 bits per heavy atom. The maximum absolute atomic E-state index is 11.2. The van der Waals surface area contributed by atoms with Crippen molar-refractivity contribution in [3.8, 4) is 0 Å². The topological polar surface area (TPSA) is 129 Å². The molecule has 9 heteroatoms. The summed E-state index contributed by atoms with van der Waals surface area (Å²) in [5, 5.41) is 32.7. The van der Waals surface area contributed by atoms with E-state index >= 15 is 0 Å². The van der Waals surface area contributed by atoms with Gasteiger partial charge in [-0.3, -0.25) is 30.3 Å². The minimum Gasteiger partial charge on any atom is -0.259 e. The molecule has 0 saturated heterocycles. The van der Waals surface area contributed by atoms with Gasteiger partial charge in [0.2, 0.25) is 6.20 Å². The smallest absolute Gasteiger partial charge is 0.259 e. The molecule has 0 saturated carbocycles. The fraction of sp³-hybridized carbons (Fsp3) is 0.333. The van der Waals surface area contributed by atoms with Gasteiger partial charge >= 0.3 is 0 Å². The van der Waals surface area contributed by atoms with Crippen LogP contribution in [-0.4, -0.2) is 14.8 Å². The molecule has 0 aliphatic rings. The highest BCUT2D eigenvalue weighted by Gasteiger charge is 2.29. The zero-order valence-electron chi connectivity index (χ0n) is 11.6. The van der Waals surface area contributed by atoms with Crippen LogP contribution >= 0.6 is 0 Å². The zero-order chi connectivity index (χ0) is 16.3. The largest absolute Gasteiger partial charge is 0.286 e. The molecule has 9 nitrogen and oxygen atoms in total. The monoisotopic (exact) mass is 295 g/mol. The number of nitro benzene ring substituents is 2. The van der Waals surface area contributed by atoms with Crippen molar-refractivity contribution in [1.82, 2.24) is 0 Å². The first-order valence-corrected chi connectivity index (χ1v) is 5.94. The van der Waals surface area contributed by atoms with E-state index in [4.69, 9.17) is 0 Å². The highest BCUT2D eigenvalue weighted by atomic mass is 16.6. The van der Waals surface area contributed by atoms with E-state index in [9.17, 15) is 30.3 Å². The van der Waals surface area contributed by atoms with E-state index < -0.39 is 26.1 Å². The van der Waals surface area contributed by atoms with Gasteiger partial charge in [0.15, 0.2) is 0 Å². The molecule has 0 aliphatic carbocycles. The van der Waals surface area contributed by atoms with Crippen LogP contribution in [0.3, 0.4) is 0 Å². The predicted molar refractivity (Wildman–Crippen MR) is 74.6 cm³/mol. The lowest BCUT2D eigenvalue weighted by atomic mass is 9.93. The highest BCUT2D eigenvalue weighted by molar-refractivity contribution is 5.74. The molecule has 1 aromatic rings. The molecule has 0 fully saturated rings. The molecule has 0 heterocycles. The van der Waals surface area contributed by atoms with Crippen LogP contribution < -0.4 is 0 Å². The van der Waals surface area contributed by atoms with Crippen LogP contribution in [0.25, 0.3) is 6.08 Å². The SMILES string of the molecule is Cc1c(C(C)C)cc([N+](=O)[O-])c(C=C[N+](=O)[O-])c1[N+](=O)[O-]. The predicted octanol–water partition coefficient (Wildman–Crippen LogP) is 3.18. The number of hydrogen-bond donors (Lipinski definition) is 0. The third-order valence-electron chi connectivity index (χ3n) is 2.98. The summed E-state index contributed by atoms with van der Waals surface area (Å²) in [6.45, 7) is 4.98. The molecule has 0 radical (unpaired) electrons. The number of nitro groups is 3. The van der Waals surface area contributed by atoms with Gasteiger partial charge in [-0.15, -0.1) is 0 Å². The van der Waals surface area contributed by atoms with Gasteiger partial charge in [0.25, 0.3) is 11.4 Å². The molecule has 0 atom stereocenters. The molecule has 112 valence electrons. The van der Waals surface area contributed by atoms with Crippen molar-refractivity contribution in [2.45, 2.75) is 26.7 Å². The maximum atomic E-state index is 11.2. The molecule has 0 aromatic heterocycles. The number of hydrogen-bond acceptors (Lipinski definition) is 6. The molecule has 0 N–H and O–H groups in total. The normalized spacial score (nSPS) is 11.0. The van der Waals surface area contributed by atoms with Crippen molar-refractivity contribution >= 4 is 17.5 Å². The van der Waals surface area contributed by atoms with E-state index in [1.807, 2.05) is 0 Å². The van der Waals surface area contributed by atoms with E-state index in [2.05, 4.69) is 0 Å². The lowest BCUT2D eigenvalue weighted by Gasteiger charge is -2.11. The van der Waals surface area contributed by atoms with E-state index in [0.717, 1.165) is 6.08 Å². The summed E-state index contributed by atoms with van der Waals surface area (Å²) < 4.78 is 0. The second kappa shape index (κ2) is 6.07. The zero-order valence-corrected chi connectivity index (χ0v) is 11.6. The van der Waals surface area contributed by atoms with Crippen LogP contribution in [0.15, 0.2) is 12.3 Å². The van der Waals surface area contributed by atoms with Crippen LogP contribution in [0.2, 0.25) is 0 Å². The van der Waals surface area contributed by atoms with E-state index in [1.165, 1.54) is 13.0 Å². The van der Waals surface area contributed by atoms with Gasteiger partial charge < -0.3 is 0 Å². The van der Waals surface area contributed by atoms with Crippen LogP contribution in [0, 0.1) is 37.3 Å². The van der Waals surface area contributed by atoms with Crippen LogP contribution in [0.5, 0.6) is 0 Å². The minimum atomic E-state index is -0.834. The standard InChI is InChI=1S/C12H13N3O6/c1-7(2)10-6-11(14(18)19)9(4-5-13(16)17)12(8(10)3)15(20)21/h4-7H,1-3H3. The molecular weight excluding hydrogens is 282 g/mol. The fourth-order valence-electron chi connectivity index (χ4n) is 2.08. The third kappa shape index (κ3) is 3.38. The van der Waals surface area contributed by atoms with Gasteiger partial charge in [-0.25, -0.2) is 0 Å². The Balaban J connectivity index is 3.81. The molecule has 0 unspecified atom stereocenters. The lowest BCUT2D eigenvalue weighted by Crippen LogP contribution is -2.05. The summed E-state index contributed by atoms with van der Waals surface area (Å²) in [6, 6.07) is 1.23. The summed E-state index contributed by atoms with van der Waals surface area (Å²) in [5.74, 6) is -0.157. The van der Waals surface area contributed by atoms with Gasteiger partial charge in [-0.05, 0) is 18.4 Å². The lowest BCUT2D eigenvalue weighted by molar-refractivity contribution is -0.402. The van der Waals surface area contributed by atoms with Crippen molar-refractivity contribution < 1.29 is 14.8 Å². The quantitative estimate of drug-likeness (QED) is 0.605. The first-order chi connectivity index (χ1) is 9.66. The number of nitrogens with zero attached hydrogens (tertiary/aromatic N) is 3. The Labute approximate surface area is 119 Å². The molecule has 1 rings (SSSR count). The second-order valence-electron chi connectivity index (χ2n) is 4.64. The summed E-state index contributed by atoms with van der Waals surface area (Å²) in [4.78, 5) is 30.3. The third-order valence-corrected chi connectivity index (χ3v) is 2.98. The van der Waals surface area contributed by atoms with Gasteiger partial charge in [0.05, 0.1) is 14.8 Å². The van der Waals surface area contributed by atoms with Gasteiger partial charge in [0.1, 0.15) is 5.56 Å². The molecular formula is C12H13N3O6. The van der Waals surface area contributed by atoms with Crippen molar-refractivity contribution in [3.63, 3.8) is 0 Å². The fourth-order valence-corrected chi connectivity index (χ4v) is 2.08. The first-order valence-electron chi connectivity index (χ1n) is 5.94. The average molecular weight is 295 g/mol. The maximum Gasteiger partial charge on any atom is 0.286 e. The highest BCUT2D eigenvalue weighted by Crippen LogP contribution is 2.38. The molecule has 21 heavy (non-hydrogen) atoms. The van der Waals surface area contributed by atoms with Crippen molar-refractivity contribution in [3.05, 3.63) is 59.3 Å². The number of rotatable bonds is 5. The Morgan fingerprint density at radius 1 is 1.10 bits per heavy atom. The molecule has 0 amide bonds. The van der Waals surface area contributed by atoms with Gasteiger partial charge in [0, 0.05) is 17.7 Å². The van der Waals surface area contributed by atoms with Gasteiger partial charge in [-0.2, -0.15) is 0 Å². The summed E-state index contributed by atoms with van der Waals surface area (Å²) in [5.41, 5.74) is -0.640. The van der Waals surface area contributed by atoms with E-state index in [1.54, 1.807) is 13.8 Å².